The van der Waals surface area contributed by atoms with E-state index in [4.69, 9.17) is 10.5 Å². The summed E-state index contributed by atoms with van der Waals surface area (Å²) in [6.45, 7) is 3.07. The predicted molar refractivity (Wildman–Crippen MR) is 64.2 cm³/mol. The molecule has 0 aromatic carbocycles. The van der Waals surface area contributed by atoms with E-state index in [1.54, 1.807) is 11.3 Å². The van der Waals surface area contributed by atoms with Gasteiger partial charge in [0, 0.05) is 17.5 Å². The van der Waals surface area contributed by atoms with Gasteiger partial charge in [-0.15, -0.1) is 11.3 Å². The standard InChI is InChI=1S/C12H19NOS/c1-9-7-10(8-15-9)12(13)5-4-11-3-2-6-14-11/h7-8,11-12H,2-6,13H2,1H3. The molecule has 1 fully saturated rings. The van der Waals surface area contributed by atoms with Crippen molar-refractivity contribution in [2.45, 2.75) is 44.8 Å². The highest BCUT2D eigenvalue weighted by atomic mass is 32.1. The van der Waals surface area contributed by atoms with E-state index in [1.807, 2.05) is 0 Å². The van der Waals surface area contributed by atoms with E-state index in [9.17, 15) is 0 Å². The zero-order valence-electron chi connectivity index (χ0n) is 9.24. The molecule has 84 valence electrons. The average molecular weight is 225 g/mol. The van der Waals surface area contributed by atoms with Gasteiger partial charge >= 0.3 is 0 Å². The van der Waals surface area contributed by atoms with E-state index in [-0.39, 0.29) is 6.04 Å². The molecular formula is C12H19NOS. The summed E-state index contributed by atoms with van der Waals surface area (Å²) in [6.07, 6.45) is 5.06. The zero-order valence-corrected chi connectivity index (χ0v) is 10.1. The molecule has 15 heavy (non-hydrogen) atoms. The predicted octanol–water partition coefficient (Wildman–Crippen LogP) is 3.02. The second kappa shape index (κ2) is 5.10. The molecule has 0 aliphatic carbocycles. The molecule has 1 aromatic rings. The summed E-state index contributed by atoms with van der Waals surface area (Å²) in [5.74, 6) is 0. The molecule has 1 saturated heterocycles. The molecule has 2 nitrogen and oxygen atoms in total. The first kappa shape index (κ1) is 11.1. The Bertz CT molecular complexity index is 304. The van der Waals surface area contributed by atoms with E-state index >= 15 is 0 Å². The number of nitrogens with two attached hydrogens (primary N) is 1. The van der Waals surface area contributed by atoms with Gasteiger partial charge in [0.25, 0.3) is 0 Å². The lowest BCUT2D eigenvalue weighted by molar-refractivity contribution is 0.101. The zero-order chi connectivity index (χ0) is 10.7. The van der Waals surface area contributed by atoms with E-state index in [1.165, 1.54) is 23.3 Å². The van der Waals surface area contributed by atoms with Gasteiger partial charge in [0.15, 0.2) is 0 Å². The Morgan fingerprint density at radius 3 is 3.13 bits per heavy atom. The number of hydrogen-bond donors (Lipinski definition) is 1. The Morgan fingerprint density at radius 1 is 1.67 bits per heavy atom. The maximum absolute atomic E-state index is 6.14. The molecule has 3 heteroatoms. The minimum absolute atomic E-state index is 0.194. The van der Waals surface area contributed by atoms with Gasteiger partial charge in [-0.3, -0.25) is 0 Å². The fourth-order valence-electron chi connectivity index (χ4n) is 2.06. The van der Waals surface area contributed by atoms with Crippen LogP contribution in [0.5, 0.6) is 0 Å². The molecule has 1 aliphatic rings. The van der Waals surface area contributed by atoms with Crippen LogP contribution in [0.4, 0.5) is 0 Å². The largest absolute Gasteiger partial charge is 0.378 e. The van der Waals surface area contributed by atoms with Crippen molar-refractivity contribution in [2.75, 3.05) is 6.61 Å². The van der Waals surface area contributed by atoms with Crippen molar-refractivity contribution in [1.82, 2.24) is 0 Å². The molecule has 1 aromatic heterocycles. The second-order valence-electron chi connectivity index (χ2n) is 4.31. The van der Waals surface area contributed by atoms with Crippen LogP contribution in [-0.4, -0.2) is 12.7 Å². The third-order valence-corrected chi connectivity index (χ3v) is 3.88. The number of hydrogen-bond acceptors (Lipinski definition) is 3. The number of thiophene rings is 1. The maximum atomic E-state index is 6.14. The van der Waals surface area contributed by atoms with Crippen molar-refractivity contribution in [3.8, 4) is 0 Å². The number of rotatable bonds is 4. The molecule has 1 aliphatic heterocycles. The minimum Gasteiger partial charge on any atom is -0.378 e. The van der Waals surface area contributed by atoms with Crippen molar-refractivity contribution in [1.29, 1.82) is 0 Å². The summed E-state index contributed by atoms with van der Waals surface area (Å²) in [6, 6.07) is 2.39. The summed E-state index contributed by atoms with van der Waals surface area (Å²) < 4.78 is 5.59. The summed E-state index contributed by atoms with van der Waals surface area (Å²) in [4.78, 5) is 1.34. The van der Waals surface area contributed by atoms with Gasteiger partial charge in [-0.2, -0.15) is 0 Å². The summed E-state index contributed by atoms with van der Waals surface area (Å²) in [5, 5.41) is 2.18. The summed E-state index contributed by atoms with van der Waals surface area (Å²) >= 11 is 1.78. The van der Waals surface area contributed by atoms with Gasteiger partial charge in [0.2, 0.25) is 0 Å². The molecule has 2 unspecified atom stereocenters. The molecule has 0 spiro atoms. The Morgan fingerprint density at radius 2 is 2.53 bits per heavy atom. The smallest absolute Gasteiger partial charge is 0.0576 e. The fourth-order valence-corrected chi connectivity index (χ4v) is 2.83. The van der Waals surface area contributed by atoms with Gasteiger partial charge in [-0.05, 0) is 49.6 Å². The second-order valence-corrected chi connectivity index (χ2v) is 5.42. The van der Waals surface area contributed by atoms with Crippen molar-refractivity contribution in [3.05, 3.63) is 21.9 Å². The van der Waals surface area contributed by atoms with E-state index in [2.05, 4.69) is 18.4 Å². The highest BCUT2D eigenvalue weighted by Gasteiger charge is 2.17. The van der Waals surface area contributed by atoms with Gasteiger partial charge in [-0.25, -0.2) is 0 Å². The van der Waals surface area contributed by atoms with Gasteiger partial charge in [0.05, 0.1) is 6.10 Å². The highest BCUT2D eigenvalue weighted by molar-refractivity contribution is 7.10. The Balaban J connectivity index is 1.79. The SMILES string of the molecule is Cc1cc(C(N)CCC2CCCO2)cs1. The van der Waals surface area contributed by atoms with Crippen LogP contribution in [-0.2, 0) is 4.74 Å². The quantitative estimate of drug-likeness (QED) is 0.855. The van der Waals surface area contributed by atoms with Crippen LogP contribution < -0.4 is 5.73 Å². The first-order valence-electron chi connectivity index (χ1n) is 5.68. The average Bonchev–Trinajstić information content (AvgIpc) is 2.84. The fraction of sp³-hybridized carbons (Fsp3) is 0.667. The van der Waals surface area contributed by atoms with Crippen LogP contribution in [0.3, 0.4) is 0 Å². The van der Waals surface area contributed by atoms with Crippen molar-refractivity contribution >= 4 is 11.3 Å². The van der Waals surface area contributed by atoms with E-state index in [0.717, 1.165) is 19.4 Å². The van der Waals surface area contributed by atoms with Gasteiger partial charge in [0.1, 0.15) is 0 Å². The first-order valence-corrected chi connectivity index (χ1v) is 6.56. The minimum atomic E-state index is 0.194. The molecular weight excluding hydrogens is 206 g/mol. The van der Waals surface area contributed by atoms with Crippen LogP contribution in [0.25, 0.3) is 0 Å². The molecule has 2 rings (SSSR count). The van der Waals surface area contributed by atoms with Crippen LogP contribution in [0.2, 0.25) is 0 Å². The Kier molecular flexibility index (Phi) is 3.78. The van der Waals surface area contributed by atoms with Crippen LogP contribution in [0.15, 0.2) is 11.4 Å². The van der Waals surface area contributed by atoms with E-state index in [0.29, 0.717) is 6.10 Å². The Hall–Kier alpha value is -0.380. The molecule has 2 atom stereocenters. The van der Waals surface area contributed by atoms with Crippen LogP contribution >= 0.6 is 11.3 Å². The molecule has 0 bridgehead atoms. The topological polar surface area (TPSA) is 35.2 Å². The molecule has 0 radical (unpaired) electrons. The highest BCUT2D eigenvalue weighted by Crippen LogP contribution is 2.25. The lowest BCUT2D eigenvalue weighted by atomic mass is 10.0. The Labute approximate surface area is 95.4 Å². The third-order valence-electron chi connectivity index (χ3n) is 3.00. The number of ether oxygens (including phenoxy) is 1. The molecule has 2 heterocycles. The lowest BCUT2D eigenvalue weighted by Gasteiger charge is -2.13. The van der Waals surface area contributed by atoms with Crippen molar-refractivity contribution in [2.24, 2.45) is 5.73 Å². The maximum Gasteiger partial charge on any atom is 0.0576 e. The molecule has 0 saturated carbocycles. The van der Waals surface area contributed by atoms with Crippen LogP contribution in [0, 0.1) is 6.92 Å². The molecule has 2 N–H and O–H groups in total. The third kappa shape index (κ3) is 3.03. The van der Waals surface area contributed by atoms with E-state index < -0.39 is 0 Å². The number of aryl methyl sites for hydroxylation is 1. The van der Waals surface area contributed by atoms with Gasteiger partial charge < -0.3 is 10.5 Å². The summed E-state index contributed by atoms with van der Waals surface area (Å²) in [7, 11) is 0. The normalized spacial score (nSPS) is 23.2. The summed E-state index contributed by atoms with van der Waals surface area (Å²) in [5.41, 5.74) is 7.43. The lowest BCUT2D eigenvalue weighted by Crippen LogP contribution is -2.13. The molecule has 0 amide bonds. The van der Waals surface area contributed by atoms with Crippen molar-refractivity contribution in [3.63, 3.8) is 0 Å². The monoisotopic (exact) mass is 225 g/mol. The van der Waals surface area contributed by atoms with Crippen LogP contribution in [0.1, 0.15) is 42.2 Å². The van der Waals surface area contributed by atoms with Crippen molar-refractivity contribution < 1.29 is 4.74 Å². The van der Waals surface area contributed by atoms with Gasteiger partial charge in [-0.1, -0.05) is 0 Å². The first-order chi connectivity index (χ1) is 7.25.